The fraction of sp³-hybridized carbons (Fsp3) is 0.429. The Morgan fingerprint density at radius 1 is 1.37 bits per heavy atom. The van der Waals surface area contributed by atoms with Crippen molar-refractivity contribution in [2.75, 3.05) is 7.11 Å². The van der Waals surface area contributed by atoms with Crippen LogP contribution in [0.1, 0.15) is 30.6 Å². The third-order valence-electron chi connectivity index (χ3n) is 3.18. The lowest BCUT2D eigenvalue weighted by atomic mass is 9.92. The van der Waals surface area contributed by atoms with Crippen molar-refractivity contribution < 1.29 is 19.4 Å². The molecule has 0 fully saturated rings. The second-order valence-corrected chi connectivity index (χ2v) is 4.33. The van der Waals surface area contributed by atoms with Crippen LogP contribution in [0.3, 0.4) is 0 Å². The van der Waals surface area contributed by atoms with Gasteiger partial charge in [-0.1, -0.05) is 25.1 Å². The fourth-order valence-electron chi connectivity index (χ4n) is 1.79. The number of carbonyl (C=O) groups is 2. The van der Waals surface area contributed by atoms with E-state index in [1.165, 1.54) is 7.11 Å². The zero-order chi connectivity index (χ0) is 14.5. The Morgan fingerprint density at radius 2 is 1.95 bits per heavy atom. The average molecular weight is 265 g/mol. The average Bonchev–Trinajstić information content (AvgIpc) is 2.46. The predicted octanol–water partition coefficient (Wildman–Crippen LogP) is 1.12. The number of methoxy groups -OCH3 is 1. The summed E-state index contributed by atoms with van der Waals surface area (Å²) in [7, 11) is 1.20. The molecule has 5 nitrogen and oxygen atoms in total. The van der Waals surface area contributed by atoms with E-state index in [2.05, 4.69) is 10.1 Å². The molecule has 104 valence electrons. The van der Waals surface area contributed by atoms with E-state index in [4.69, 9.17) is 0 Å². The van der Waals surface area contributed by atoms with Gasteiger partial charge in [0.25, 0.3) is 5.91 Å². The van der Waals surface area contributed by atoms with Crippen LogP contribution >= 0.6 is 0 Å². The lowest BCUT2D eigenvalue weighted by Crippen LogP contribution is -2.56. The molecule has 0 aliphatic rings. The maximum atomic E-state index is 12.0. The summed E-state index contributed by atoms with van der Waals surface area (Å²) in [5, 5.41) is 12.9. The molecule has 1 amide bonds. The highest BCUT2D eigenvalue weighted by molar-refractivity contribution is 5.95. The van der Waals surface area contributed by atoms with Gasteiger partial charge >= 0.3 is 5.97 Å². The van der Waals surface area contributed by atoms with E-state index >= 15 is 0 Å². The van der Waals surface area contributed by atoms with Crippen LogP contribution in [0.4, 0.5) is 0 Å². The Bertz CT molecular complexity index is 446. The summed E-state index contributed by atoms with van der Waals surface area (Å²) in [5.41, 5.74) is -1.25. The largest absolute Gasteiger partial charge is 0.467 e. The summed E-state index contributed by atoms with van der Waals surface area (Å²) in [6.45, 7) is 3.23. The van der Waals surface area contributed by atoms with E-state index in [1.807, 2.05) is 0 Å². The molecule has 0 bridgehead atoms. The first-order valence-corrected chi connectivity index (χ1v) is 6.12. The van der Waals surface area contributed by atoms with Crippen LogP contribution in [0.5, 0.6) is 0 Å². The number of benzene rings is 1. The molecule has 1 aromatic rings. The zero-order valence-corrected chi connectivity index (χ0v) is 11.3. The van der Waals surface area contributed by atoms with Gasteiger partial charge in [0.1, 0.15) is 0 Å². The molecule has 2 atom stereocenters. The van der Waals surface area contributed by atoms with Crippen molar-refractivity contribution >= 4 is 11.9 Å². The minimum atomic E-state index is -1.72. The second kappa shape index (κ2) is 6.33. The zero-order valence-electron chi connectivity index (χ0n) is 11.3. The molecule has 0 aliphatic heterocycles. The lowest BCUT2D eigenvalue weighted by molar-refractivity contribution is -0.165. The number of hydrogen-bond donors (Lipinski definition) is 2. The van der Waals surface area contributed by atoms with E-state index in [9.17, 15) is 14.7 Å². The lowest BCUT2D eigenvalue weighted by Gasteiger charge is -2.30. The molecule has 1 rings (SSSR count). The summed E-state index contributed by atoms with van der Waals surface area (Å²) in [6.07, 6.45) is 0.149. The summed E-state index contributed by atoms with van der Waals surface area (Å²) < 4.78 is 4.57. The van der Waals surface area contributed by atoms with E-state index < -0.39 is 17.6 Å². The first kappa shape index (κ1) is 15.2. The molecule has 1 aromatic carbocycles. The molecule has 0 unspecified atom stereocenters. The molecule has 5 heteroatoms. The molecule has 0 aromatic heterocycles. The number of carbonyl (C=O) groups excluding carboxylic acids is 2. The highest BCUT2D eigenvalue weighted by Gasteiger charge is 2.42. The molecule has 0 aliphatic carbocycles. The highest BCUT2D eigenvalue weighted by atomic mass is 16.5. The van der Waals surface area contributed by atoms with Gasteiger partial charge in [-0.15, -0.1) is 0 Å². The van der Waals surface area contributed by atoms with Crippen molar-refractivity contribution in [3.63, 3.8) is 0 Å². The second-order valence-electron chi connectivity index (χ2n) is 4.33. The normalized spacial score (nSPS) is 15.2. The molecule has 19 heavy (non-hydrogen) atoms. The third kappa shape index (κ3) is 3.32. The minimum absolute atomic E-state index is 0.149. The summed E-state index contributed by atoms with van der Waals surface area (Å²) in [4.78, 5) is 23.6. The number of nitrogens with one attached hydrogen (secondary N) is 1. The monoisotopic (exact) mass is 265 g/mol. The van der Waals surface area contributed by atoms with E-state index in [0.717, 1.165) is 0 Å². The maximum absolute atomic E-state index is 12.0. The van der Waals surface area contributed by atoms with Gasteiger partial charge in [-0.2, -0.15) is 0 Å². The Kier molecular flexibility index (Phi) is 5.06. The van der Waals surface area contributed by atoms with Crippen LogP contribution in [0.15, 0.2) is 30.3 Å². The van der Waals surface area contributed by atoms with Gasteiger partial charge in [-0.3, -0.25) is 4.79 Å². The van der Waals surface area contributed by atoms with Crippen molar-refractivity contribution in [2.45, 2.75) is 31.9 Å². The van der Waals surface area contributed by atoms with E-state index in [-0.39, 0.29) is 12.3 Å². The van der Waals surface area contributed by atoms with Crippen LogP contribution in [-0.4, -0.2) is 35.7 Å². The van der Waals surface area contributed by atoms with Crippen molar-refractivity contribution in [3.05, 3.63) is 35.9 Å². The fourth-order valence-corrected chi connectivity index (χ4v) is 1.79. The van der Waals surface area contributed by atoms with Crippen LogP contribution in [0.25, 0.3) is 0 Å². The predicted molar refractivity (Wildman–Crippen MR) is 70.6 cm³/mol. The molecule has 0 spiro atoms. The molecule has 0 radical (unpaired) electrons. The Morgan fingerprint density at radius 3 is 2.42 bits per heavy atom. The summed E-state index contributed by atoms with van der Waals surface area (Å²) >= 11 is 0. The number of amides is 1. The topological polar surface area (TPSA) is 75.6 Å². The summed E-state index contributed by atoms with van der Waals surface area (Å²) in [6, 6.07) is 7.85. The van der Waals surface area contributed by atoms with Crippen molar-refractivity contribution in [2.24, 2.45) is 0 Å². The Hall–Kier alpha value is -1.88. The van der Waals surface area contributed by atoms with Crippen LogP contribution in [0.2, 0.25) is 0 Å². The van der Waals surface area contributed by atoms with Crippen molar-refractivity contribution in [1.29, 1.82) is 0 Å². The molecule has 0 saturated carbocycles. The van der Waals surface area contributed by atoms with Crippen LogP contribution in [-0.2, 0) is 9.53 Å². The van der Waals surface area contributed by atoms with Gasteiger partial charge in [-0.05, 0) is 25.5 Å². The third-order valence-corrected chi connectivity index (χ3v) is 3.18. The van der Waals surface area contributed by atoms with Crippen molar-refractivity contribution in [1.82, 2.24) is 5.32 Å². The van der Waals surface area contributed by atoms with Crippen LogP contribution < -0.4 is 5.32 Å². The maximum Gasteiger partial charge on any atom is 0.340 e. The molecular weight excluding hydrogens is 246 g/mol. The molecule has 0 saturated heterocycles. The Balaban J connectivity index is 2.81. The standard InChI is InChI=1S/C14H19NO4/c1-4-14(18,13(17)19-3)10(2)15-12(16)11-8-6-5-7-9-11/h5-10,18H,4H2,1-3H3,(H,15,16)/t10-,14-/m0/s1. The van der Waals surface area contributed by atoms with E-state index in [0.29, 0.717) is 5.56 Å². The van der Waals surface area contributed by atoms with Gasteiger partial charge in [0.15, 0.2) is 5.60 Å². The number of ether oxygens (including phenoxy) is 1. The van der Waals surface area contributed by atoms with Gasteiger partial charge < -0.3 is 15.2 Å². The smallest absolute Gasteiger partial charge is 0.340 e. The number of esters is 1. The van der Waals surface area contributed by atoms with Crippen molar-refractivity contribution in [3.8, 4) is 0 Å². The number of rotatable bonds is 5. The quantitative estimate of drug-likeness (QED) is 0.782. The first-order chi connectivity index (χ1) is 8.95. The van der Waals surface area contributed by atoms with Gasteiger partial charge in [0.2, 0.25) is 0 Å². The SMILES string of the molecule is CC[C@@](O)(C(=O)OC)[C@H](C)NC(=O)c1ccccc1. The van der Waals surface area contributed by atoms with Gasteiger partial charge in [0, 0.05) is 5.56 Å². The number of aliphatic hydroxyl groups is 1. The Labute approximate surface area is 112 Å². The number of hydrogen-bond acceptors (Lipinski definition) is 4. The molecular formula is C14H19NO4. The van der Waals surface area contributed by atoms with Gasteiger partial charge in [0.05, 0.1) is 13.2 Å². The first-order valence-electron chi connectivity index (χ1n) is 6.12. The molecule has 0 heterocycles. The molecule has 2 N–H and O–H groups in total. The van der Waals surface area contributed by atoms with Gasteiger partial charge in [-0.25, -0.2) is 4.79 Å². The van der Waals surface area contributed by atoms with Crippen LogP contribution in [0, 0.1) is 0 Å². The highest BCUT2D eigenvalue weighted by Crippen LogP contribution is 2.17. The summed E-state index contributed by atoms with van der Waals surface area (Å²) in [5.74, 6) is -1.10. The minimum Gasteiger partial charge on any atom is -0.467 e. The van der Waals surface area contributed by atoms with E-state index in [1.54, 1.807) is 44.2 Å².